The highest BCUT2D eigenvalue weighted by atomic mass is 16.5. The summed E-state index contributed by atoms with van der Waals surface area (Å²) in [4.78, 5) is 13.3. The molecule has 4 unspecified atom stereocenters. The van der Waals surface area contributed by atoms with Crippen molar-refractivity contribution in [1.29, 1.82) is 0 Å². The molecule has 0 aromatic carbocycles. The minimum absolute atomic E-state index is 0.108. The summed E-state index contributed by atoms with van der Waals surface area (Å²) in [6.07, 6.45) is 8.60. The minimum Gasteiger partial charge on any atom is -0.373 e. The van der Waals surface area contributed by atoms with Gasteiger partial charge >= 0.3 is 0 Å². The smallest absolute Gasteiger partial charge is 0.232 e. The van der Waals surface area contributed by atoms with Crippen molar-refractivity contribution < 1.29 is 9.26 Å². The molecular weight excluding hydrogens is 332 g/mol. The lowest BCUT2D eigenvalue weighted by Crippen LogP contribution is -2.47. The van der Waals surface area contributed by atoms with Gasteiger partial charge in [0.25, 0.3) is 0 Å². The number of ether oxygens (including phenoxy) is 1. The topological polar surface area (TPSA) is 89.5 Å². The monoisotopic (exact) mass is 354 g/mol. The average Bonchev–Trinajstić information content (AvgIpc) is 3.33. The van der Waals surface area contributed by atoms with Crippen LogP contribution in [0.4, 0.5) is 5.82 Å². The SMILES string of the molecule is CC(C)(C)c1nc(C2=NN(c3cnccn3)C3C4CCC(CC23)O4)no1. The highest BCUT2D eigenvalue weighted by Crippen LogP contribution is 2.44. The Kier molecular flexibility index (Phi) is 3.40. The summed E-state index contributed by atoms with van der Waals surface area (Å²) in [7, 11) is 0. The average molecular weight is 354 g/mol. The van der Waals surface area contributed by atoms with Crippen LogP contribution < -0.4 is 5.01 Å². The molecule has 5 heterocycles. The third-order valence-corrected chi connectivity index (χ3v) is 5.38. The second-order valence-electron chi connectivity index (χ2n) is 8.27. The van der Waals surface area contributed by atoms with Gasteiger partial charge in [-0.05, 0) is 19.3 Å². The molecule has 4 atom stereocenters. The number of fused-ring (bicyclic) bond motifs is 4. The third-order valence-electron chi connectivity index (χ3n) is 5.38. The molecule has 0 aliphatic carbocycles. The summed E-state index contributed by atoms with van der Waals surface area (Å²) in [6, 6.07) is 0.108. The summed E-state index contributed by atoms with van der Waals surface area (Å²) >= 11 is 0. The van der Waals surface area contributed by atoms with E-state index in [1.165, 1.54) is 0 Å². The van der Waals surface area contributed by atoms with Crippen LogP contribution in [0.15, 0.2) is 28.2 Å². The zero-order valence-electron chi connectivity index (χ0n) is 15.2. The Balaban J connectivity index is 1.57. The standard InChI is InChI=1S/C18H22N6O2/c1-18(2,3)17-21-16(23-26-17)14-11-8-10-4-5-12(25-10)15(11)24(22-14)13-9-19-6-7-20-13/h6-7,9-12,15H,4-5,8H2,1-3H3. The quantitative estimate of drug-likeness (QED) is 0.817. The van der Waals surface area contributed by atoms with E-state index in [0.29, 0.717) is 17.8 Å². The van der Waals surface area contributed by atoms with Crippen LogP contribution in [0.1, 0.15) is 51.7 Å². The Morgan fingerprint density at radius 1 is 1.19 bits per heavy atom. The lowest BCUT2D eigenvalue weighted by atomic mass is 9.86. The Labute approximate surface area is 151 Å². The van der Waals surface area contributed by atoms with Crippen molar-refractivity contribution in [2.45, 2.75) is 63.7 Å². The van der Waals surface area contributed by atoms with Gasteiger partial charge in [0.1, 0.15) is 5.71 Å². The number of hydrazone groups is 1. The maximum Gasteiger partial charge on any atom is 0.232 e. The van der Waals surface area contributed by atoms with Crippen molar-refractivity contribution >= 4 is 11.5 Å². The molecule has 2 fully saturated rings. The van der Waals surface area contributed by atoms with Gasteiger partial charge in [-0.1, -0.05) is 25.9 Å². The van der Waals surface area contributed by atoms with Gasteiger partial charge in [0.05, 0.1) is 24.4 Å². The molecule has 8 nitrogen and oxygen atoms in total. The first-order valence-electron chi connectivity index (χ1n) is 9.14. The van der Waals surface area contributed by atoms with Crippen LogP contribution in [-0.2, 0) is 10.2 Å². The van der Waals surface area contributed by atoms with E-state index >= 15 is 0 Å². The van der Waals surface area contributed by atoms with Gasteiger partial charge in [-0.2, -0.15) is 10.1 Å². The van der Waals surface area contributed by atoms with Crippen LogP contribution >= 0.6 is 0 Å². The first-order valence-corrected chi connectivity index (χ1v) is 9.14. The van der Waals surface area contributed by atoms with Crippen molar-refractivity contribution in [3.8, 4) is 0 Å². The maximum absolute atomic E-state index is 6.18. The Morgan fingerprint density at radius 3 is 2.81 bits per heavy atom. The van der Waals surface area contributed by atoms with Gasteiger partial charge in [0.2, 0.25) is 11.7 Å². The van der Waals surface area contributed by atoms with Gasteiger partial charge < -0.3 is 9.26 Å². The van der Waals surface area contributed by atoms with Crippen LogP contribution in [0.3, 0.4) is 0 Å². The first kappa shape index (κ1) is 15.9. The van der Waals surface area contributed by atoms with E-state index in [0.717, 1.165) is 30.8 Å². The van der Waals surface area contributed by atoms with Crippen molar-refractivity contribution in [3.63, 3.8) is 0 Å². The van der Waals surface area contributed by atoms with E-state index in [4.69, 9.17) is 14.4 Å². The third kappa shape index (κ3) is 2.43. The van der Waals surface area contributed by atoms with Crippen LogP contribution in [0.25, 0.3) is 0 Å². The fourth-order valence-corrected chi connectivity index (χ4v) is 4.15. The largest absolute Gasteiger partial charge is 0.373 e. The summed E-state index contributed by atoms with van der Waals surface area (Å²) in [5.41, 5.74) is 0.684. The van der Waals surface area contributed by atoms with Gasteiger partial charge in [-0.15, -0.1) is 0 Å². The zero-order valence-corrected chi connectivity index (χ0v) is 15.2. The minimum atomic E-state index is -0.191. The Bertz CT molecular complexity index is 843. The molecule has 8 heteroatoms. The number of hydrogen-bond acceptors (Lipinski definition) is 8. The molecule has 3 aliphatic heterocycles. The number of aromatic nitrogens is 4. The summed E-state index contributed by atoms with van der Waals surface area (Å²) in [5.74, 6) is 2.15. The first-order chi connectivity index (χ1) is 12.5. The fraction of sp³-hybridized carbons (Fsp3) is 0.611. The van der Waals surface area contributed by atoms with E-state index < -0.39 is 0 Å². The molecule has 0 N–H and O–H groups in total. The Hall–Kier alpha value is -2.35. The van der Waals surface area contributed by atoms with Crippen molar-refractivity contribution in [2.24, 2.45) is 11.0 Å². The van der Waals surface area contributed by atoms with E-state index in [1.54, 1.807) is 18.6 Å². The predicted octanol–water partition coefficient (Wildman–Crippen LogP) is 2.32. The molecular formula is C18H22N6O2. The van der Waals surface area contributed by atoms with Crippen molar-refractivity contribution in [3.05, 3.63) is 30.3 Å². The van der Waals surface area contributed by atoms with Gasteiger partial charge in [0.15, 0.2) is 5.82 Å². The number of nitrogens with zero attached hydrogens (tertiary/aromatic N) is 6. The summed E-state index contributed by atoms with van der Waals surface area (Å²) < 4.78 is 11.7. The number of anilines is 1. The molecule has 2 aromatic rings. The summed E-state index contributed by atoms with van der Waals surface area (Å²) in [6.45, 7) is 6.18. The van der Waals surface area contributed by atoms with E-state index in [2.05, 4.69) is 40.9 Å². The van der Waals surface area contributed by atoms with Crippen LogP contribution in [0.5, 0.6) is 0 Å². The van der Waals surface area contributed by atoms with E-state index in [1.807, 2.05) is 5.01 Å². The lowest BCUT2D eigenvalue weighted by molar-refractivity contribution is -0.0185. The van der Waals surface area contributed by atoms with Gasteiger partial charge in [-0.3, -0.25) is 4.98 Å². The zero-order chi connectivity index (χ0) is 17.9. The molecule has 2 aromatic heterocycles. The molecule has 136 valence electrons. The van der Waals surface area contributed by atoms with Crippen molar-refractivity contribution in [1.82, 2.24) is 20.1 Å². The predicted molar refractivity (Wildman–Crippen MR) is 93.8 cm³/mol. The second-order valence-corrected chi connectivity index (χ2v) is 8.27. The summed E-state index contributed by atoms with van der Waals surface area (Å²) in [5, 5.41) is 11.1. The lowest BCUT2D eigenvalue weighted by Gasteiger charge is -2.35. The Morgan fingerprint density at radius 2 is 2.08 bits per heavy atom. The second kappa shape index (κ2) is 5.57. The van der Waals surface area contributed by atoms with Crippen LogP contribution in [0.2, 0.25) is 0 Å². The number of hydrogen-bond donors (Lipinski definition) is 0. The molecule has 3 aliphatic rings. The van der Waals surface area contributed by atoms with E-state index in [9.17, 15) is 0 Å². The molecule has 26 heavy (non-hydrogen) atoms. The normalized spacial score (nSPS) is 30.4. The highest BCUT2D eigenvalue weighted by Gasteiger charge is 2.52. The number of rotatable bonds is 2. The van der Waals surface area contributed by atoms with Gasteiger partial charge in [0, 0.05) is 23.7 Å². The molecule has 0 radical (unpaired) electrons. The maximum atomic E-state index is 6.18. The van der Waals surface area contributed by atoms with E-state index in [-0.39, 0.29) is 23.5 Å². The molecule has 2 bridgehead atoms. The van der Waals surface area contributed by atoms with Crippen LogP contribution in [0, 0.1) is 5.92 Å². The molecule has 2 saturated heterocycles. The fourth-order valence-electron chi connectivity index (χ4n) is 4.15. The molecule has 0 saturated carbocycles. The van der Waals surface area contributed by atoms with Crippen molar-refractivity contribution in [2.75, 3.05) is 5.01 Å². The highest BCUT2D eigenvalue weighted by molar-refractivity contribution is 6.02. The molecule has 0 amide bonds. The van der Waals surface area contributed by atoms with Gasteiger partial charge in [-0.25, -0.2) is 9.99 Å². The molecule has 0 spiro atoms. The van der Waals surface area contributed by atoms with Crippen LogP contribution in [-0.4, -0.2) is 44.1 Å². The molecule has 5 rings (SSSR count).